The van der Waals surface area contributed by atoms with E-state index in [0.29, 0.717) is 11.4 Å². The van der Waals surface area contributed by atoms with E-state index in [2.05, 4.69) is 9.71 Å². The van der Waals surface area contributed by atoms with Crippen molar-refractivity contribution in [1.82, 2.24) is 0 Å². The van der Waals surface area contributed by atoms with Crippen LogP contribution >= 0.6 is 11.8 Å². The zero-order valence-electron chi connectivity index (χ0n) is 18.0. The van der Waals surface area contributed by atoms with Gasteiger partial charge in [-0.2, -0.15) is 8.42 Å². The highest BCUT2D eigenvalue weighted by atomic mass is 32.2. The number of halogens is 1. The van der Waals surface area contributed by atoms with Gasteiger partial charge in [0.2, 0.25) is 11.8 Å². The predicted molar refractivity (Wildman–Crippen MR) is 131 cm³/mol. The number of amides is 2. The number of nitrogens with one attached hydrogen (secondary N) is 1. The Morgan fingerprint density at radius 3 is 2.35 bits per heavy atom. The molecule has 1 aliphatic heterocycles. The van der Waals surface area contributed by atoms with Crippen LogP contribution in [-0.2, 0) is 19.6 Å². The summed E-state index contributed by atoms with van der Waals surface area (Å²) in [5, 5.41) is 1.85. The summed E-state index contributed by atoms with van der Waals surface area (Å²) in [6.07, 6.45) is -0.170. The van der Waals surface area contributed by atoms with Gasteiger partial charge in [0, 0.05) is 12.1 Å². The summed E-state index contributed by atoms with van der Waals surface area (Å²) in [6, 6.07) is 20.0. The summed E-state index contributed by atoms with van der Waals surface area (Å²) in [5.41, 5.74) is 1.94. The standard InChI is InChI=1S/C24H20FN3O4S2/c1-16-7-5-6-10-20(16)26-22(29)15-21-23(30)28(18-8-3-2-4-9-18)24(33-21)27-34(31,32)19-13-11-17(25)12-14-19/h2-14,21H,15H2,1H3,(H,26,29). The molecule has 0 aromatic heterocycles. The molecule has 4 rings (SSSR count). The van der Waals surface area contributed by atoms with Crippen molar-refractivity contribution >= 4 is 50.1 Å². The van der Waals surface area contributed by atoms with E-state index >= 15 is 0 Å². The number of anilines is 2. The lowest BCUT2D eigenvalue weighted by Gasteiger charge is -2.16. The highest BCUT2D eigenvalue weighted by Gasteiger charge is 2.41. The quantitative estimate of drug-likeness (QED) is 0.546. The van der Waals surface area contributed by atoms with Crippen LogP contribution in [-0.4, -0.2) is 30.6 Å². The summed E-state index contributed by atoms with van der Waals surface area (Å²) in [6.45, 7) is 1.85. The number of nitrogens with zero attached hydrogens (tertiary/aromatic N) is 2. The van der Waals surface area contributed by atoms with Crippen molar-refractivity contribution in [2.45, 2.75) is 23.5 Å². The number of aryl methyl sites for hydroxylation is 1. The van der Waals surface area contributed by atoms with Gasteiger partial charge in [-0.05, 0) is 55.0 Å². The first-order valence-corrected chi connectivity index (χ1v) is 12.6. The van der Waals surface area contributed by atoms with E-state index in [1.165, 1.54) is 4.90 Å². The molecule has 1 saturated heterocycles. The molecule has 10 heteroatoms. The number of sulfonamides is 1. The summed E-state index contributed by atoms with van der Waals surface area (Å²) in [7, 11) is -4.22. The van der Waals surface area contributed by atoms with Gasteiger partial charge in [0.05, 0.1) is 10.6 Å². The Hall–Kier alpha value is -3.50. The van der Waals surface area contributed by atoms with E-state index < -0.39 is 27.0 Å². The topological polar surface area (TPSA) is 95.9 Å². The Labute approximate surface area is 200 Å². The van der Waals surface area contributed by atoms with Gasteiger partial charge in [-0.1, -0.05) is 48.2 Å². The molecule has 3 aromatic carbocycles. The molecule has 174 valence electrons. The Morgan fingerprint density at radius 2 is 1.68 bits per heavy atom. The minimum Gasteiger partial charge on any atom is -0.326 e. The second-order valence-corrected chi connectivity index (χ2v) is 10.3. The summed E-state index contributed by atoms with van der Waals surface area (Å²) in [5.74, 6) is -1.41. The molecule has 1 heterocycles. The zero-order chi connectivity index (χ0) is 24.3. The van der Waals surface area contributed by atoms with Gasteiger partial charge in [0.1, 0.15) is 11.1 Å². The maximum absolute atomic E-state index is 13.2. The molecular formula is C24H20FN3O4S2. The van der Waals surface area contributed by atoms with Crippen LogP contribution in [0.4, 0.5) is 15.8 Å². The highest BCUT2D eigenvalue weighted by molar-refractivity contribution is 8.16. The molecule has 0 radical (unpaired) electrons. The van der Waals surface area contributed by atoms with Crippen molar-refractivity contribution < 1.29 is 22.4 Å². The zero-order valence-corrected chi connectivity index (χ0v) is 19.6. The maximum Gasteiger partial charge on any atom is 0.284 e. The fraction of sp³-hybridized carbons (Fsp3) is 0.125. The third kappa shape index (κ3) is 5.18. The van der Waals surface area contributed by atoms with Crippen molar-refractivity contribution in [3.8, 4) is 0 Å². The minimum atomic E-state index is -4.22. The van der Waals surface area contributed by atoms with Crippen LogP contribution in [0.2, 0.25) is 0 Å². The van der Waals surface area contributed by atoms with Crippen LogP contribution < -0.4 is 10.2 Å². The largest absolute Gasteiger partial charge is 0.326 e. The first-order valence-electron chi connectivity index (χ1n) is 10.3. The Bertz CT molecular complexity index is 1360. The van der Waals surface area contributed by atoms with Gasteiger partial charge in [0.15, 0.2) is 5.17 Å². The second-order valence-electron chi connectivity index (χ2n) is 7.49. The minimum absolute atomic E-state index is 0.0748. The number of carbonyl (C=O) groups is 2. The average molecular weight is 498 g/mol. The number of rotatable bonds is 6. The van der Waals surface area contributed by atoms with Crippen molar-refractivity contribution in [2.24, 2.45) is 4.40 Å². The van der Waals surface area contributed by atoms with Crippen LogP contribution in [0.15, 0.2) is 88.2 Å². The molecular weight excluding hydrogens is 477 g/mol. The number of benzene rings is 3. The molecule has 1 atom stereocenters. The van der Waals surface area contributed by atoms with Crippen LogP contribution in [0.3, 0.4) is 0 Å². The van der Waals surface area contributed by atoms with Crippen LogP contribution in [0.5, 0.6) is 0 Å². The highest BCUT2D eigenvalue weighted by Crippen LogP contribution is 2.35. The third-order valence-electron chi connectivity index (χ3n) is 5.05. The number of hydrogen-bond acceptors (Lipinski definition) is 5. The average Bonchev–Trinajstić information content (AvgIpc) is 3.10. The number of para-hydroxylation sites is 2. The number of hydrogen-bond donors (Lipinski definition) is 1. The molecule has 1 fully saturated rings. The molecule has 7 nitrogen and oxygen atoms in total. The molecule has 0 spiro atoms. The Balaban J connectivity index is 1.63. The molecule has 0 aliphatic carbocycles. The van der Waals surface area contributed by atoms with E-state index in [9.17, 15) is 22.4 Å². The number of thioether (sulfide) groups is 1. The van der Waals surface area contributed by atoms with Gasteiger partial charge in [0.25, 0.3) is 10.0 Å². The Morgan fingerprint density at radius 1 is 1.03 bits per heavy atom. The van der Waals surface area contributed by atoms with E-state index in [4.69, 9.17) is 0 Å². The monoisotopic (exact) mass is 497 g/mol. The Kier molecular flexibility index (Phi) is 6.80. The van der Waals surface area contributed by atoms with Crippen molar-refractivity contribution in [3.63, 3.8) is 0 Å². The molecule has 1 N–H and O–H groups in total. The molecule has 0 bridgehead atoms. The predicted octanol–water partition coefficient (Wildman–Crippen LogP) is 4.36. The number of carbonyl (C=O) groups excluding carboxylic acids is 2. The molecule has 1 unspecified atom stereocenters. The van der Waals surface area contributed by atoms with E-state index in [0.717, 1.165) is 41.6 Å². The summed E-state index contributed by atoms with van der Waals surface area (Å²) < 4.78 is 42.8. The van der Waals surface area contributed by atoms with E-state index in [1.54, 1.807) is 42.5 Å². The van der Waals surface area contributed by atoms with Crippen molar-refractivity contribution in [2.75, 3.05) is 10.2 Å². The lowest BCUT2D eigenvalue weighted by atomic mass is 10.2. The SMILES string of the molecule is Cc1ccccc1NC(=O)CC1SC(=NS(=O)(=O)c2ccc(F)cc2)N(c2ccccc2)C1=O. The van der Waals surface area contributed by atoms with Crippen LogP contribution in [0.25, 0.3) is 0 Å². The van der Waals surface area contributed by atoms with Crippen LogP contribution in [0, 0.1) is 12.7 Å². The normalized spacial score (nSPS) is 17.2. The molecule has 0 saturated carbocycles. The molecule has 3 aromatic rings. The molecule has 2 amide bonds. The molecule has 34 heavy (non-hydrogen) atoms. The fourth-order valence-electron chi connectivity index (χ4n) is 3.32. The third-order valence-corrected chi connectivity index (χ3v) is 7.58. The second kappa shape index (κ2) is 9.78. The summed E-state index contributed by atoms with van der Waals surface area (Å²) in [4.78, 5) is 26.9. The van der Waals surface area contributed by atoms with Crippen LogP contribution in [0.1, 0.15) is 12.0 Å². The fourth-order valence-corrected chi connectivity index (χ4v) is 5.65. The lowest BCUT2D eigenvalue weighted by Crippen LogP contribution is -2.33. The van der Waals surface area contributed by atoms with Gasteiger partial charge in [-0.25, -0.2) is 4.39 Å². The van der Waals surface area contributed by atoms with Gasteiger partial charge in [-0.15, -0.1) is 4.40 Å². The lowest BCUT2D eigenvalue weighted by molar-refractivity contribution is -0.121. The van der Waals surface area contributed by atoms with Gasteiger partial charge < -0.3 is 5.32 Å². The first-order chi connectivity index (χ1) is 16.2. The number of amidine groups is 1. The first kappa shape index (κ1) is 23.7. The molecule has 1 aliphatic rings. The van der Waals surface area contributed by atoms with E-state index in [-0.39, 0.29) is 22.4 Å². The van der Waals surface area contributed by atoms with Crippen molar-refractivity contribution in [1.29, 1.82) is 0 Å². The smallest absolute Gasteiger partial charge is 0.284 e. The van der Waals surface area contributed by atoms with E-state index in [1.807, 2.05) is 19.1 Å². The summed E-state index contributed by atoms with van der Waals surface area (Å²) >= 11 is 0.902. The maximum atomic E-state index is 13.2. The van der Waals surface area contributed by atoms with Gasteiger partial charge in [-0.3, -0.25) is 14.5 Å². The van der Waals surface area contributed by atoms with Gasteiger partial charge >= 0.3 is 0 Å². The van der Waals surface area contributed by atoms with Crippen molar-refractivity contribution in [3.05, 3.63) is 90.2 Å².